The van der Waals surface area contributed by atoms with Crippen molar-refractivity contribution in [1.82, 2.24) is 10.6 Å². The van der Waals surface area contributed by atoms with E-state index in [1.165, 1.54) is 11.1 Å². The van der Waals surface area contributed by atoms with Crippen molar-refractivity contribution in [3.05, 3.63) is 35.4 Å². The lowest BCUT2D eigenvalue weighted by Crippen LogP contribution is -2.46. The molecule has 1 fully saturated rings. The van der Waals surface area contributed by atoms with E-state index in [4.69, 9.17) is 0 Å². The molecule has 0 saturated carbocycles. The molecule has 7 heteroatoms. The first-order valence-electron chi connectivity index (χ1n) is 7.33. The fraction of sp³-hybridized carbons (Fsp3) is 0.533. The average Bonchev–Trinajstić information content (AvgIpc) is 2.77. The highest BCUT2D eigenvalue weighted by Gasteiger charge is 2.29. The summed E-state index contributed by atoms with van der Waals surface area (Å²) in [5, 5.41) is 6.52. The molecule has 5 nitrogen and oxygen atoms in total. The van der Waals surface area contributed by atoms with E-state index >= 15 is 0 Å². The minimum absolute atomic E-state index is 0. The summed E-state index contributed by atoms with van der Waals surface area (Å²) in [4.78, 5) is 4.19. The summed E-state index contributed by atoms with van der Waals surface area (Å²) in [6.45, 7) is 0.830. The number of aliphatic imine (C=N–C) groups is 1. The summed E-state index contributed by atoms with van der Waals surface area (Å²) in [6.07, 6.45) is 1.76. The molecule has 1 aromatic carbocycles. The monoisotopic (exact) mass is 435 g/mol. The maximum absolute atomic E-state index is 11.5. The average molecular weight is 435 g/mol. The Bertz CT molecular complexity index is 661. The van der Waals surface area contributed by atoms with Crippen molar-refractivity contribution >= 4 is 39.8 Å². The predicted octanol–water partition coefficient (Wildman–Crippen LogP) is 1.30. The number of hydrogen-bond acceptors (Lipinski definition) is 3. The van der Waals surface area contributed by atoms with Crippen molar-refractivity contribution < 1.29 is 8.42 Å². The Hall–Kier alpha value is -0.830. The molecule has 0 amide bonds. The Morgan fingerprint density at radius 2 is 2.14 bits per heavy atom. The number of hydrogen-bond donors (Lipinski definition) is 2. The van der Waals surface area contributed by atoms with Gasteiger partial charge in [-0.15, -0.1) is 24.0 Å². The number of guanidine groups is 1. The number of rotatable bonds is 3. The minimum atomic E-state index is -2.86. The quantitative estimate of drug-likeness (QED) is 0.427. The van der Waals surface area contributed by atoms with Crippen LogP contribution in [0.2, 0.25) is 0 Å². The normalized spacial score (nSPS) is 25.6. The SMILES string of the molecule is CN=C(NCC1Cc2ccccc21)NC1CCS(=O)(=O)C1.I. The topological polar surface area (TPSA) is 70.6 Å². The second-order valence-electron chi connectivity index (χ2n) is 5.80. The van der Waals surface area contributed by atoms with Crippen LogP contribution in [0, 0.1) is 0 Å². The lowest BCUT2D eigenvalue weighted by atomic mass is 9.78. The van der Waals surface area contributed by atoms with Crippen LogP contribution in [0.3, 0.4) is 0 Å². The lowest BCUT2D eigenvalue weighted by molar-refractivity contribution is 0.574. The number of nitrogens with one attached hydrogen (secondary N) is 2. The van der Waals surface area contributed by atoms with Gasteiger partial charge >= 0.3 is 0 Å². The highest BCUT2D eigenvalue weighted by atomic mass is 127. The van der Waals surface area contributed by atoms with Gasteiger partial charge in [-0.3, -0.25) is 4.99 Å². The van der Waals surface area contributed by atoms with Gasteiger partial charge in [-0.25, -0.2) is 8.42 Å². The van der Waals surface area contributed by atoms with Crippen LogP contribution in [0.1, 0.15) is 23.5 Å². The maximum atomic E-state index is 11.5. The van der Waals surface area contributed by atoms with E-state index in [1.54, 1.807) is 7.05 Å². The summed E-state index contributed by atoms with van der Waals surface area (Å²) in [7, 11) is -1.14. The molecule has 2 atom stereocenters. The van der Waals surface area contributed by atoms with Crippen LogP contribution in [-0.2, 0) is 16.3 Å². The minimum Gasteiger partial charge on any atom is -0.356 e. The van der Waals surface area contributed by atoms with E-state index in [9.17, 15) is 8.42 Å². The first kappa shape index (κ1) is 17.5. The summed E-state index contributed by atoms with van der Waals surface area (Å²) >= 11 is 0. The zero-order valence-corrected chi connectivity index (χ0v) is 15.7. The lowest BCUT2D eigenvalue weighted by Gasteiger charge is -2.31. The van der Waals surface area contributed by atoms with Gasteiger partial charge in [0.1, 0.15) is 0 Å². The summed E-state index contributed by atoms with van der Waals surface area (Å²) < 4.78 is 22.9. The van der Waals surface area contributed by atoms with Crippen molar-refractivity contribution in [2.24, 2.45) is 4.99 Å². The Morgan fingerprint density at radius 3 is 2.77 bits per heavy atom. The number of fused-ring (bicyclic) bond motifs is 1. The van der Waals surface area contributed by atoms with Crippen LogP contribution >= 0.6 is 24.0 Å². The van der Waals surface area contributed by atoms with Crippen molar-refractivity contribution in [3.8, 4) is 0 Å². The van der Waals surface area contributed by atoms with Crippen molar-refractivity contribution in [1.29, 1.82) is 0 Å². The van der Waals surface area contributed by atoms with E-state index in [1.807, 2.05) is 0 Å². The summed E-state index contributed by atoms with van der Waals surface area (Å²) in [6, 6.07) is 8.47. The number of benzene rings is 1. The molecule has 0 spiro atoms. The molecule has 22 heavy (non-hydrogen) atoms. The highest BCUT2D eigenvalue weighted by Crippen LogP contribution is 2.33. The first-order valence-corrected chi connectivity index (χ1v) is 9.15. The smallest absolute Gasteiger partial charge is 0.191 e. The third kappa shape index (κ3) is 3.92. The molecule has 122 valence electrons. The number of nitrogens with zero attached hydrogens (tertiary/aromatic N) is 1. The summed E-state index contributed by atoms with van der Waals surface area (Å²) in [5.41, 5.74) is 2.83. The van der Waals surface area contributed by atoms with E-state index in [0.717, 1.165) is 13.0 Å². The Morgan fingerprint density at radius 1 is 1.36 bits per heavy atom. The number of halogens is 1. The number of sulfone groups is 1. The Kier molecular flexibility index (Phi) is 5.70. The van der Waals surface area contributed by atoms with Crippen molar-refractivity contribution in [2.45, 2.75) is 24.8 Å². The zero-order chi connectivity index (χ0) is 14.9. The van der Waals surface area contributed by atoms with Crippen LogP contribution in [-0.4, -0.2) is 45.5 Å². The molecule has 1 saturated heterocycles. The molecule has 1 heterocycles. The van der Waals surface area contributed by atoms with Crippen molar-refractivity contribution in [2.75, 3.05) is 25.1 Å². The van der Waals surface area contributed by atoms with E-state index < -0.39 is 9.84 Å². The van der Waals surface area contributed by atoms with Crippen molar-refractivity contribution in [3.63, 3.8) is 0 Å². The molecule has 0 radical (unpaired) electrons. The standard InChI is InChI=1S/C15H21N3O2S.HI/c1-16-15(18-13-6-7-21(19,20)10-13)17-9-12-8-11-4-2-3-5-14(11)12;/h2-5,12-13H,6-10H2,1H3,(H2,16,17,18);1H. The molecule has 0 bridgehead atoms. The van der Waals surface area contributed by atoms with Gasteiger partial charge < -0.3 is 10.6 Å². The van der Waals surface area contributed by atoms with Gasteiger partial charge in [0.05, 0.1) is 11.5 Å². The summed E-state index contributed by atoms with van der Waals surface area (Å²) in [5.74, 6) is 1.70. The van der Waals surface area contributed by atoms with Crippen LogP contribution in [0.5, 0.6) is 0 Å². The maximum Gasteiger partial charge on any atom is 0.191 e. The van der Waals surface area contributed by atoms with Gasteiger partial charge in [0.15, 0.2) is 15.8 Å². The molecule has 1 aliphatic carbocycles. The van der Waals surface area contributed by atoms with Crippen LogP contribution in [0.4, 0.5) is 0 Å². The molecule has 2 N–H and O–H groups in total. The first-order chi connectivity index (χ1) is 10.1. The largest absolute Gasteiger partial charge is 0.356 e. The fourth-order valence-corrected chi connectivity index (χ4v) is 4.73. The molecule has 3 rings (SSSR count). The van der Waals surface area contributed by atoms with E-state index in [2.05, 4.69) is 39.9 Å². The van der Waals surface area contributed by atoms with Gasteiger partial charge in [0.2, 0.25) is 0 Å². The molecule has 0 aromatic heterocycles. The fourth-order valence-electron chi connectivity index (χ4n) is 3.06. The second kappa shape index (κ2) is 7.16. The zero-order valence-electron chi connectivity index (χ0n) is 12.6. The Labute approximate surface area is 148 Å². The molecule has 2 unspecified atom stereocenters. The van der Waals surface area contributed by atoms with Gasteiger partial charge in [0.25, 0.3) is 0 Å². The molecule has 1 aliphatic heterocycles. The van der Waals surface area contributed by atoms with Crippen LogP contribution < -0.4 is 10.6 Å². The van der Waals surface area contributed by atoms with E-state index in [-0.39, 0.29) is 41.5 Å². The van der Waals surface area contributed by atoms with Gasteiger partial charge in [-0.2, -0.15) is 0 Å². The van der Waals surface area contributed by atoms with Crippen LogP contribution in [0.15, 0.2) is 29.3 Å². The van der Waals surface area contributed by atoms with Gasteiger partial charge in [-0.05, 0) is 24.0 Å². The Balaban J connectivity index is 0.00000176. The van der Waals surface area contributed by atoms with Crippen LogP contribution in [0.25, 0.3) is 0 Å². The second-order valence-corrected chi connectivity index (χ2v) is 8.03. The molecular formula is C15H22IN3O2S. The van der Waals surface area contributed by atoms with E-state index in [0.29, 0.717) is 18.3 Å². The van der Waals surface area contributed by atoms with Gasteiger partial charge in [-0.1, -0.05) is 24.3 Å². The molecule has 2 aliphatic rings. The third-order valence-corrected chi connectivity index (χ3v) is 6.04. The highest BCUT2D eigenvalue weighted by molar-refractivity contribution is 14.0. The molecule has 1 aromatic rings. The third-order valence-electron chi connectivity index (χ3n) is 4.27. The molecular weight excluding hydrogens is 413 g/mol. The van der Waals surface area contributed by atoms with Gasteiger partial charge in [0, 0.05) is 25.6 Å². The predicted molar refractivity (Wildman–Crippen MR) is 99.9 cm³/mol.